The maximum atomic E-state index is 15.1. The lowest BCUT2D eigenvalue weighted by molar-refractivity contribution is -0.146. The molecule has 0 fully saturated rings. The Hall–Kier alpha value is -4.97. The summed E-state index contributed by atoms with van der Waals surface area (Å²) in [6.45, 7) is 1.94. The van der Waals surface area contributed by atoms with E-state index >= 15 is 9.59 Å². The second-order valence-corrected chi connectivity index (χ2v) is 10.9. The van der Waals surface area contributed by atoms with Gasteiger partial charge in [-0.25, -0.2) is 0 Å². The molecule has 1 N–H and O–H groups in total. The molecule has 1 spiro atoms. The summed E-state index contributed by atoms with van der Waals surface area (Å²) < 4.78 is 11.2. The third kappa shape index (κ3) is 3.48. The van der Waals surface area contributed by atoms with Crippen molar-refractivity contribution in [3.63, 3.8) is 0 Å². The number of hydrogen-bond acceptors (Lipinski definition) is 5. The van der Waals surface area contributed by atoms with E-state index in [1.54, 1.807) is 38.3 Å². The number of H-pyrrole nitrogens is 1. The van der Waals surface area contributed by atoms with Crippen molar-refractivity contribution in [1.82, 2.24) is 4.98 Å². The van der Waals surface area contributed by atoms with E-state index in [1.807, 2.05) is 78.9 Å². The van der Waals surface area contributed by atoms with Crippen LogP contribution in [0.3, 0.4) is 0 Å². The summed E-state index contributed by atoms with van der Waals surface area (Å²) in [7, 11) is 1.60. The van der Waals surface area contributed by atoms with Crippen LogP contribution in [-0.4, -0.2) is 36.2 Å². The van der Waals surface area contributed by atoms with Gasteiger partial charge in [-0.2, -0.15) is 0 Å². The third-order valence-electron chi connectivity index (χ3n) is 8.97. The molecule has 3 atom stereocenters. The van der Waals surface area contributed by atoms with Crippen molar-refractivity contribution in [2.45, 2.75) is 24.7 Å². The molecule has 5 aromatic rings. The number of hydrogen-bond donors (Lipinski definition) is 1. The topological polar surface area (TPSA) is 85.5 Å². The summed E-state index contributed by atoms with van der Waals surface area (Å²) in [6, 6.07) is 31.8. The first-order chi connectivity index (χ1) is 20.5. The average Bonchev–Trinajstić information content (AvgIpc) is 3.51. The Morgan fingerprint density at radius 1 is 0.786 bits per heavy atom. The molecular formula is C36H29NO5. The molecule has 4 aromatic carbocycles. The molecule has 0 amide bonds. The van der Waals surface area contributed by atoms with Gasteiger partial charge in [0.25, 0.3) is 0 Å². The number of carbonyl (C=O) groups is 3. The summed E-state index contributed by atoms with van der Waals surface area (Å²) in [6.07, 6.45) is 0. The highest BCUT2D eigenvalue weighted by atomic mass is 16.5. The number of aromatic amines is 1. The predicted molar refractivity (Wildman–Crippen MR) is 159 cm³/mol. The van der Waals surface area contributed by atoms with Crippen LogP contribution >= 0.6 is 0 Å². The smallest absolute Gasteiger partial charge is 0.315 e. The molecule has 0 saturated carbocycles. The Bertz CT molecular complexity index is 1820. The van der Waals surface area contributed by atoms with Gasteiger partial charge in [0.2, 0.25) is 0 Å². The highest BCUT2D eigenvalue weighted by molar-refractivity contribution is 6.31. The molecule has 0 saturated heterocycles. The van der Waals surface area contributed by atoms with E-state index in [4.69, 9.17) is 9.47 Å². The van der Waals surface area contributed by atoms with Crippen LogP contribution in [0.25, 0.3) is 10.9 Å². The lowest BCUT2D eigenvalue weighted by Gasteiger charge is -2.48. The zero-order chi connectivity index (χ0) is 29.0. The number of carbonyl (C=O) groups excluding carboxylic acids is 3. The Balaban J connectivity index is 1.66. The summed E-state index contributed by atoms with van der Waals surface area (Å²) >= 11 is 0. The van der Waals surface area contributed by atoms with Crippen LogP contribution in [0.4, 0.5) is 0 Å². The lowest BCUT2D eigenvalue weighted by Crippen LogP contribution is -2.52. The molecule has 0 aliphatic heterocycles. The molecule has 1 aromatic heterocycles. The quantitative estimate of drug-likeness (QED) is 0.190. The van der Waals surface area contributed by atoms with Gasteiger partial charge >= 0.3 is 5.97 Å². The van der Waals surface area contributed by atoms with Gasteiger partial charge in [-0.15, -0.1) is 0 Å². The molecule has 0 radical (unpaired) electrons. The fourth-order valence-corrected chi connectivity index (χ4v) is 7.38. The van der Waals surface area contributed by atoms with Crippen LogP contribution < -0.4 is 4.74 Å². The largest absolute Gasteiger partial charge is 0.497 e. The average molecular weight is 556 g/mol. The number of aromatic nitrogens is 1. The highest BCUT2D eigenvalue weighted by Crippen LogP contribution is 2.66. The number of nitrogens with one attached hydrogen (secondary N) is 1. The van der Waals surface area contributed by atoms with Crippen LogP contribution in [0.5, 0.6) is 5.75 Å². The van der Waals surface area contributed by atoms with Crippen LogP contribution in [0.1, 0.15) is 67.8 Å². The molecule has 6 nitrogen and oxygen atoms in total. The first kappa shape index (κ1) is 26.0. The van der Waals surface area contributed by atoms with Crippen molar-refractivity contribution in [3.05, 3.63) is 137 Å². The van der Waals surface area contributed by atoms with Gasteiger partial charge in [0, 0.05) is 39.6 Å². The van der Waals surface area contributed by atoms with Gasteiger partial charge in [0.05, 0.1) is 13.7 Å². The number of fused-ring (bicyclic) bond motifs is 4. The van der Waals surface area contributed by atoms with Gasteiger partial charge < -0.3 is 14.5 Å². The van der Waals surface area contributed by atoms with Crippen molar-refractivity contribution in [2.75, 3.05) is 13.7 Å². The van der Waals surface area contributed by atoms with Crippen molar-refractivity contribution in [3.8, 4) is 5.75 Å². The number of ether oxygens (including phenoxy) is 2. The predicted octanol–water partition coefficient (Wildman–Crippen LogP) is 6.82. The van der Waals surface area contributed by atoms with Crippen LogP contribution in [0.2, 0.25) is 0 Å². The minimum absolute atomic E-state index is 0.170. The van der Waals surface area contributed by atoms with Crippen LogP contribution in [0, 0.1) is 5.41 Å². The molecule has 6 heteroatoms. The van der Waals surface area contributed by atoms with Crippen molar-refractivity contribution < 1.29 is 23.9 Å². The normalized spacial score (nSPS) is 20.4. The Kier molecular flexibility index (Phi) is 6.08. The Morgan fingerprint density at radius 2 is 1.40 bits per heavy atom. The maximum absolute atomic E-state index is 15.1. The van der Waals surface area contributed by atoms with Gasteiger partial charge in [-0.1, -0.05) is 84.9 Å². The number of methoxy groups -OCH3 is 1. The van der Waals surface area contributed by atoms with E-state index in [2.05, 4.69) is 4.98 Å². The summed E-state index contributed by atoms with van der Waals surface area (Å²) in [5.41, 5.74) is 2.92. The maximum Gasteiger partial charge on any atom is 0.315 e. The zero-order valence-electron chi connectivity index (χ0n) is 23.3. The minimum Gasteiger partial charge on any atom is -0.497 e. The fraction of sp³-hybridized carbons (Fsp3) is 0.194. The second-order valence-electron chi connectivity index (χ2n) is 10.9. The lowest BCUT2D eigenvalue weighted by atomic mass is 9.50. The first-order valence-corrected chi connectivity index (χ1v) is 14.2. The Labute approximate surface area is 243 Å². The third-order valence-corrected chi connectivity index (χ3v) is 8.97. The minimum atomic E-state index is -1.64. The van der Waals surface area contributed by atoms with Gasteiger partial charge in [-0.05, 0) is 41.8 Å². The number of rotatable bonds is 5. The van der Waals surface area contributed by atoms with Gasteiger partial charge in [0.15, 0.2) is 11.6 Å². The van der Waals surface area contributed by atoms with E-state index in [0.29, 0.717) is 22.6 Å². The van der Waals surface area contributed by atoms with Crippen molar-refractivity contribution in [1.29, 1.82) is 0 Å². The highest BCUT2D eigenvalue weighted by Gasteiger charge is 2.68. The molecule has 208 valence electrons. The first-order valence-electron chi connectivity index (χ1n) is 14.2. The van der Waals surface area contributed by atoms with E-state index in [0.717, 1.165) is 27.6 Å². The SMILES string of the molecule is CCOC(=O)[C@@H]1c2[nH]c3ccccc3c2[C@@H](c2ccc(OC)cc2)C2(C(=O)c3ccccc3C2=O)[C@H]1c1ccccc1. The molecule has 7 rings (SSSR count). The standard InChI is InChI=1S/C36H29NO5/c1-3-42-35(40)29-31(21-11-5-4-6-12-21)36(33(38)24-13-7-8-14-25(24)34(36)39)30(22-17-19-23(41-2)20-18-22)28-26-15-9-10-16-27(26)37-32(28)29/h4-20,29-31,37H,3H2,1-2H3/t29-,30+,31-/m0/s1. The summed E-state index contributed by atoms with van der Waals surface area (Å²) in [5, 5.41) is 0.866. The molecular weight excluding hydrogens is 526 g/mol. The van der Waals surface area contributed by atoms with Crippen molar-refractivity contribution in [2.24, 2.45) is 5.41 Å². The summed E-state index contributed by atoms with van der Waals surface area (Å²) in [4.78, 5) is 47.8. The van der Waals surface area contributed by atoms with Gasteiger partial charge in [-0.3, -0.25) is 14.4 Å². The number of benzene rings is 4. The van der Waals surface area contributed by atoms with Crippen molar-refractivity contribution >= 4 is 28.4 Å². The fourth-order valence-electron chi connectivity index (χ4n) is 7.38. The van der Waals surface area contributed by atoms with E-state index < -0.39 is 29.1 Å². The molecule has 2 aliphatic rings. The Morgan fingerprint density at radius 3 is 2.05 bits per heavy atom. The van der Waals surface area contributed by atoms with E-state index in [1.165, 1.54) is 0 Å². The van der Waals surface area contributed by atoms with Crippen LogP contribution in [0.15, 0.2) is 103 Å². The van der Waals surface area contributed by atoms with Crippen LogP contribution in [-0.2, 0) is 9.53 Å². The number of ketones is 2. The molecule has 0 bridgehead atoms. The van der Waals surface area contributed by atoms with E-state index in [9.17, 15) is 4.79 Å². The van der Waals surface area contributed by atoms with Gasteiger partial charge in [0.1, 0.15) is 17.1 Å². The summed E-state index contributed by atoms with van der Waals surface area (Å²) in [5.74, 6) is -2.81. The molecule has 0 unspecified atom stereocenters. The molecule has 2 aliphatic carbocycles. The number of esters is 1. The number of para-hydroxylation sites is 1. The monoisotopic (exact) mass is 555 g/mol. The molecule has 1 heterocycles. The second kappa shape index (κ2) is 9.84. The van der Waals surface area contributed by atoms with E-state index in [-0.39, 0.29) is 18.2 Å². The molecule has 42 heavy (non-hydrogen) atoms. The number of Topliss-reactive ketones (excluding diaryl/α,β-unsaturated/α-hetero) is 2. The zero-order valence-corrected chi connectivity index (χ0v) is 23.3.